The Morgan fingerprint density at radius 1 is 0.960 bits per heavy atom. The van der Waals surface area contributed by atoms with Crippen LogP contribution in [0.4, 0.5) is 46.9 Å². The molecule has 2 unspecified atom stereocenters. The smallest absolute Gasteiger partial charge is 0.430 e. The quantitative estimate of drug-likeness (QED) is 0.283. The number of alkyl halides is 6. The summed E-state index contributed by atoms with van der Waals surface area (Å²) in [4.78, 5) is 26.9. The summed E-state index contributed by atoms with van der Waals surface area (Å²) in [5.74, 6) is -1.61. The fourth-order valence-electron chi connectivity index (χ4n) is 6.15. The van der Waals surface area contributed by atoms with Crippen molar-refractivity contribution in [3.8, 4) is 0 Å². The molecule has 3 aromatic carbocycles. The van der Waals surface area contributed by atoms with Crippen LogP contribution in [0, 0.1) is 5.82 Å². The first-order valence-electron chi connectivity index (χ1n) is 15.1. The lowest BCUT2D eigenvalue weighted by Crippen LogP contribution is -2.54. The summed E-state index contributed by atoms with van der Waals surface area (Å²) in [6.45, 7) is 1.38. The first-order chi connectivity index (χ1) is 23.3. The molecule has 0 bridgehead atoms. The van der Waals surface area contributed by atoms with Gasteiger partial charge in [-0.05, 0) is 61.7 Å². The third kappa shape index (κ3) is 6.58. The molecular weight excluding hydrogens is 703 g/mol. The summed E-state index contributed by atoms with van der Waals surface area (Å²) in [5, 5.41) is 23.6. The molecule has 3 atom stereocenters. The first-order valence-corrected chi connectivity index (χ1v) is 16.5. The molecule has 50 heavy (non-hydrogen) atoms. The molecular formula is C32H30F7N3O7S. The van der Waals surface area contributed by atoms with Crippen molar-refractivity contribution in [3.63, 3.8) is 0 Å². The third-order valence-corrected chi connectivity index (χ3v) is 10.4. The van der Waals surface area contributed by atoms with E-state index in [-0.39, 0.29) is 42.8 Å². The standard InChI is InChI=1S/C32H30F7N3O7S/c1-2-49-29(45)41-17-24(28(44)23-5-3-4-6-26(23)41)40-27(43)16-21-11-7-18-15-19(30(46,31(34,35)36)32(37,38)39)8-14-25(18)42(21)50(47,48)22-12-9-20(33)10-13-22/h3-6,8-10,12-15,21,24,28,44,46H,2,7,11,16-17H2,1H3,(H,40,43)/t21-,24?,28?/m0/s1. The fraction of sp³-hybridized carbons (Fsp3) is 0.375. The van der Waals surface area contributed by atoms with Crippen molar-refractivity contribution >= 4 is 33.4 Å². The lowest BCUT2D eigenvalue weighted by Gasteiger charge is -2.40. The van der Waals surface area contributed by atoms with Crippen LogP contribution in [0.2, 0.25) is 0 Å². The molecule has 2 amide bonds. The Kier molecular flexibility index (Phi) is 9.85. The number of benzene rings is 3. The van der Waals surface area contributed by atoms with Gasteiger partial charge in [0, 0.05) is 17.5 Å². The Morgan fingerprint density at radius 2 is 1.60 bits per heavy atom. The van der Waals surface area contributed by atoms with Gasteiger partial charge in [0.05, 0.1) is 41.5 Å². The van der Waals surface area contributed by atoms with Crippen LogP contribution in [0.15, 0.2) is 71.6 Å². The highest BCUT2D eigenvalue weighted by molar-refractivity contribution is 7.92. The van der Waals surface area contributed by atoms with Gasteiger partial charge in [0.2, 0.25) is 5.91 Å². The van der Waals surface area contributed by atoms with E-state index in [0.717, 1.165) is 24.3 Å². The summed E-state index contributed by atoms with van der Waals surface area (Å²) in [6.07, 6.45) is -15.7. The molecule has 270 valence electrons. The highest BCUT2D eigenvalue weighted by atomic mass is 32.2. The molecule has 0 aromatic heterocycles. The molecule has 5 rings (SSSR count). The highest BCUT2D eigenvalue weighted by Gasteiger charge is 2.71. The van der Waals surface area contributed by atoms with Crippen molar-refractivity contribution in [1.82, 2.24) is 5.32 Å². The first kappa shape index (κ1) is 36.9. The number of hydrogen-bond donors (Lipinski definition) is 3. The van der Waals surface area contributed by atoms with Gasteiger partial charge in [-0.25, -0.2) is 17.6 Å². The number of carbonyl (C=O) groups is 2. The minimum Gasteiger partial charge on any atom is -0.449 e. The van der Waals surface area contributed by atoms with Crippen molar-refractivity contribution in [2.24, 2.45) is 0 Å². The molecule has 2 aliphatic heterocycles. The van der Waals surface area contributed by atoms with Crippen LogP contribution in [0.3, 0.4) is 0 Å². The number of aryl methyl sites for hydroxylation is 1. The normalized spacial score (nSPS) is 19.8. The number of aliphatic hydroxyl groups excluding tert-OH is 1. The van der Waals surface area contributed by atoms with Gasteiger partial charge in [0.25, 0.3) is 15.6 Å². The average Bonchev–Trinajstić information content (AvgIpc) is 3.04. The molecule has 0 spiro atoms. The number of hydrogen-bond acceptors (Lipinski definition) is 7. The van der Waals surface area contributed by atoms with Gasteiger partial charge in [-0.15, -0.1) is 0 Å². The van der Waals surface area contributed by atoms with Crippen molar-refractivity contribution in [2.45, 2.75) is 67.2 Å². The number of rotatable bonds is 7. The van der Waals surface area contributed by atoms with Crippen LogP contribution in [0.25, 0.3) is 0 Å². The predicted molar refractivity (Wildman–Crippen MR) is 163 cm³/mol. The van der Waals surface area contributed by atoms with E-state index in [1.54, 1.807) is 25.1 Å². The Hall–Kier alpha value is -4.42. The zero-order valence-electron chi connectivity index (χ0n) is 26.0. The Morgan fingerprint density at radius 3 is 2.22 bits per heavy atom. The number of halogens is 7. The number of carbonyl (C=O) groups excluding carboxylic acids is 2. The maximum absolute atomic E-state index is 14.0. The predicted octanol–water partition coefficient (Wildman–Crippen LogP) is 5.23. The number of nitrogens with zero attached hydrogens (tertiary/aromatic N) is 2. The van der Waals surface area contributed by atoms with Gasteiger partial charge in [-0.2, -0.15) is 26.3 Å². The van der Waals surface area contributed by atoms with Crippen LogP contribution < -0.4 is 14.5 Å². The summed E-state index contributed by atoms with van der Waals surface area (Å²) >= 11 is 0. The molecule has 2 aliphatic rings. The Labute approximate surface area is 281 Å². The zero-order valence-corrected chi connectivity index (χ0v) is 26.8. The molecule has 3 N–H and O–H groups in total. The minimum atomic E-state index is -6.19. The van der Waals surface area contributed by atoms with E-state index in [4.69, 9.17) is 4.74 Å². The van der Waals surface area contributed by atoms with E-state index in [9.17, 15) is 59.0 Å². The molecule has 3 aromatic rings. The van der Waals surface area contributed by atoms with Gasteiger partial charge >= 0.3 is 18.4 Å². The van der Waals surface area contributed by atoms with Crippen LogP contribution in [-0.4, -0.2) is 68.2 Å². The summed E-state index contributed by atoms with van der Waals surface area (Å²) in [6, 6.07) is 8.80. The van der Waals surface area contributed by atoms with Crippen LogP contribution in [0.5, 0.6) is 0 Å². The summed E-state index contributed by atoms with van der Waals surface area (Å²) in [7, 11) is -4.74. The topological polar surface area (TPSA) is 136 Å². The summed E-state index contributed by atoms with van der Waals surface area (Å²) < 4.78 is 129. The summed E-state index contributed by atoms with van der Waals surface area (Å²) in [5.41, 5.74) is -6.91. The number of ether oxygens (including phenoxy) is 1. The van der Waals surface area contributed by atoms with Gasteiger partial charge in [-0.3, -0.25) is 14.0 Å². The van der Waals surface area contributed by atoms with Crippen LogP contribution >= 0.6 is 0 Å². The van der Waals surface area contributed by atoms with Gasteiger partial charge < -0.3 is 20.3 Å². The zero-order chi connectivity index (χ0) is 36.8. The molecule has 0 fully saturated rings. The van der Waals surface area contributed by atoms with E-state index >= 15 is 0 Å². The van der Waals surface area contributed by atoms with Crippen molar-refractivity contribution < 1.29 is 63.7 Å². The van der Waals surface area contributed by atoms with E-state index < -0.39 is 80.9 Å². The number of fused-ring (bicyclic) bond motifs is 2. The molecule has 0 aliphatic carbocycles. The average molecular weight is 734 g/mol. The minimum absolute atomic E-state index is 0.0335. The van der Waals surface area contributed by atoms with Gasteiger partial charge in [-0.1, -0.05) is 30.3 Å². The van der Waals surface area contributed by atoms with Crippen molar-refractivity contribution in [3.05, 3.63) is 89.2 Å². The van der Waals surface area contributed by atoms with Crippen LogP contribution in [-0.2, 0) is 31.6 Å². The number of sulfonamides is 1. The maximum Gasteiger partial charge on any atom is 0.430 e. The van der Waals surface area contributed by atoms with E-state index in [0.29, 0.717) is 28.2 Å². The molecule has 0 saturated heterocycles. The molecule has 2 heterocycles. The third-order valence-electron chi connectivity index (χ3n) is 8.57. The Balaban J connectivity index is 1.50. The van der Waals surface area contributed by atoms with E-state index in [2.05, 4.69) is 5.32 Å². The number of aliphatic hydroxyl groups is 2. The molecule has 0 saturated carbocycles. The second-order valence-electron chi connectivity index (χ2n) is 11.7. The monoisotopic (exact) mass is 733 g/mol. The molecule has 18 heteroatoms. The second-order valence-corrected chi connectivity index (χ2v) is 13.5. The highest BCUT2D eigenvalue weighted by Crippen LogP contribution is 2.51. The lowest BCUT2D eigenvalue weighted by molar-refractivity contribution is -0.376. The number of para-hydroxylation sites is 1. The van der Waals surface area contributed by atoms with Crippen molar-refractivity contribution in [2.75, 3.05) is 22.4 Å². The largest absolute Gasteiger partial charge is 0.449 e. The van der Waals surface area contributed by atoms with Crippen molar-refractivity contribution in [1.29, 1.82) is 0 Å². The van der Waals surface area contributed by atoms with E-state index in [1.165, 1.54) is 11.0 Å². The SMILES string of the molecule is CCOC(=O)N1CC(NC(=O)C[C@@H]2CCc3cc(C(O)(C(F)(F)F)C(F)(F)F)ccc3N2S(=O)(=O)c2ccc(F)cc2)C(O)c2ccccc21. The number of amides is 2. The van der Waals surface area contributed by atoms with Gasteiger partial charge in [0.1, 0.15) is 11.9 Å². The lowest BCUT2D eigenvalue weighted by atomic mass is 9.87. The molecule has 10 nitrogen and oxygen atoms in total. The molecule has 0 radical (unpaired) electrons. The van der Waals surface area contributed by atoms with E-state index in [1.807, 2.05) is 0 Å². The Bertz CT molecular complexity index is 1860. The number of anilines is 2. The fourth-order valence-corrected chi connectivity index (χ4v) is 7.87. The maximum atomic E-state index is 14.0. The number of nitrogens with one attached hydrogen (secondary N) is 1. The second kappa shape index (κ2) is 13.4. The van der Waals surface area contributed by atoms with Gasteiger partial charge in [0.15, 0.2) is 0 Å². The van der Waals surface area contributed by atoms with Crippen LogP contribution in [0.1, 0.15) is 42.6 Å².